The summed E-state index contributed by atoms with van der Waals surface area (Å²) >= 11 is 0. The molecule has 0 atom stereocenters. The molecule has 122 valence electrons. The first-order valence-corrected chi connectivity index (χ1v) is 7.85. The van der Waals surface area contributed by atoms with Crippen molar-refractivity contribution in [3.05, 3.63) is 65.2 Å². The summed E-state index contributed by atoms with van der Waals surface area (Å²) in [5, 5.41) is 10.9. The van der Waals surface area contributed by atoms with Gasteiger partial charge >= 0.3 is 6.09 Å². The van der Waals surface area contributed by atoms with Crippen molar-refractivity contribution in [2.45, 2.75) is 25.7 Å². The topological polar surface area (TPSA) is 58.6 Å². The molecule has 0 unspecified atom stereocenters. The Bertz CT molecular complexity index is 640. The number of methoxy groups -OCH3 is 1. The zero-order chi connectivity index (χ0) is 16.5. The van der Waals surface area contributed by atoms with Crippen LogP contribution in [0.25, 0.3) is 0 Å². The van der Waals surface area contributed by atoms with Crippen LogP contribution in [0.3, 0.4) is 0 Å². The molecule has 0 bridgehead atoms. The van der Waals surface area contributed by atoms with Crippen molar-refractivity contribution in [3.8, 4) is 5.75 Å². The van der Waals surface area contributed by atoms with Crippen LogP contribution in [-0.4, -0.2) is 24.9 Å². The highest BCUT2D eigenvalue weighted by Gasteiger charge is 2.03. The molecule has 0 aromatic heterocycles. The van der Waals surface area contributed by atoms with Crippen molar-refractivity contribution in [3.63, 3.8) is 0 Å². The minimum absolute atomic E-state index is 0.487. The minimum Gasteiger partial charge on any atom is -0.496 e. The van der Waals surface area contributed by atoms with Crippen molar-refractivity contribution in [1.29, 1.82) is 0 Å². The Kier molecular flexibility index (Phi) is 6.48. The van der Waals surface area contributed by atoms with Crippen molar-refractivity contribution >= 4 is 6.09 Å². The third kappa shape index (κ3) is 5.66. The number of aryl methyl sites for hydroxylation is 3. The molecular formula is C19H23NO3. The van der Waals surface area contributed by atoms with Gasteiger partial charge in [-0.05, 0) is 48.4 Å². The van der Waals surface area contributed by atoms with Gasteiger partial charge in [0, 0.05) is 6.54 Å². The molecule has 2 N–H and O–H groups in total. The van der Waals surface area contributed by atoms with Gasteiger partial charge in [-0.25, -0.2) is 4.79 Å². The van der Waals surface area contributed by atoms with E-state index in [-0.39, 0.29) is 0 Å². The second-order valence-corrected chi connectivity index (χ2v) is 5.47. The molecule has 0 saturated carbocycles. The van der Waals surface area contributed by atoms with Crippen LogP contribution in [0.5, 0.6) is 5.75 Å². The van der Waals surface area contributed by atoms with Crippen LogP contribution >= 0.6 is 0 Å². The average Bonchev–Trinajstić information content (AvgIpc) is 2.57. The normalized spacial score (nSPS) is 10.3. The zero-order valence-electron chi connectivity index (χ0n) is 13.4. The first-order valence-electron chi connectivity index (χ1n) is 7.85. The van der Waals surface area contributed by atoms with Crippen molar-refractivity contribution < 1.29 is 14.6 Å². The fourth-order valence-corrected chi connectivity index (χ4v) is 2.62. The monoisotopic (exact) mass is 313 g/mol. The highest BCUT2D eigenvalue weighted by molar-refractivity contribution is 5.64. The van der Waals surface area contributed by atoms with E-state index in [1.54, 1.807) is 7.11 Å². The lowest BCUT2D eigenvalue weighted by Gasteiger charge is -2.09. The Balaban J connectivity index is 1.88. The van der Waals surface area contributed by atoms with E-state index in [9.17, 15) is 4.79 Å². The van der Waals surface area contributed by atoms with Gasteiger partial charge < -0.3 is 15.2 Å². The molecule has 2 aromatic carbocycles. The number of hydrogen-bond acceptors (Lipinski definition) is 2. The molecule has 0 spiro atoms. The number of hydrogen-bond donors (Lipinski definition) is 2. The van der Waals surface area contributed by atoms with Crippen LogP contribution in [0, 0.1) is 0 Å². The molecule has 2 aromatic rings. The van der Waals surface area contributed by atoms with Gasteiger partial charge in [0.2, 0.25) is 0 Å². The van der Waals surface area contributed by atoms with Crippen molar-refractivity contribution in [2.75, 3.05) is 13.7 Å². The fraction of sp³-hybridized carbons (Fsp3) is 0.316. The number of benzene rings is 2. The molecule has 2 rings (SSSR count). The fourth-order valence-electron chi connectivity index (χ4n) is 2.62. The van der Waals surface area contributed by atoms with E-state index in [0.29, 0.717) is 6.54 Å². The summed E-state index contributed by atoms with van der Waals surface area (Å²) < 4.78 is 5.39. The molecule has 0 heterocycles. The molecule has 4 nitrogen and oxygen atoms in total. The summed E-state index contributed by atoms with van der Waals surface area (Å²) in [6.45, 7) is 0.487. The SMILES string of the molecule is COc1ccccc1CCc1cccc(CCCNC(=O)O)c1. The quantitative estimate of drug-likeness (QED) is 0.731. The molecular weight excluding hydrogens is 290 g/mol. The standard InChI is InChI=1S/C19H23NO3/c1-23-18-10-3-2-9-17(18)12-11-16-7-4-6-15(14-16)8-5-13-20-19(21)22/h2-4,6-7,9-10,14,20H,5,8,11-13H2,1H3,(H,21,22). The minimum atomic E-state index is -0.962. The van der Waals surface area contributed by atoms with Gasteiger partial charge in [0.05, 0.1) is 7.11 Å². The smallest absolute Gasteiger partial charge is 0.404 e. The summed E-state index contributed by atoms with van der Waals surface area (Å²) in [4.78, 5) is 10.4. The number of carbonyl (C=O) groups is 1. The molecule has 0 fully saturated rings. The van der Waals surface area contributed by atoms with Gasteiger partial charge in [0.15, 0.2) is 0 Å². The largest absolute Gasteiger partial charge is 0.496 e. The molecule has 1 amide bonds. The van der Waals surface area contributed by atoms with E-state index in [1.165, 1.54) is 16.7 Å². The Morgan fingerprint density at radius 2 is 1.78 bits per heavy atom. The van der Waals surface area contributed by atoms with Gasteiger partial charge in [0.1, 0.15) is 5.75 Å². The molecule has 23 heavy (non-hydrogen) atoms. The summed E-state index contributed by atoms with van der Waals surface area (Å²) in [5.41, 5.74) is 3.75. The second-order valence-electron chi connectivity index (χ2n) is 5.47. The number of para-hydroxylation sites is 1. The molecule has 4 heteroatoms. The van der Waals surface area contributed by atoms with Gasteiger partial charge in [-0.3, -0.25) is 0 Å². The Morgan fingerprint density at radius 1 is 1.04 bits per heavy atom. The molecule has 0 aliphatic heterocycles. The summed E-state index contributed by atoms with van der Waals surface area (Å²) in [6, 6.07) is 16.6. The first kappa shape index (κ1) is 16.9. The summed E-state index contributed by atoms with van der Waals surface area (Å²) in [6.07, 6.45) is 2.62. The predicted molar refractivity (Wildman–Crippen MR) is 91.2 cm³/mol. The van der Waals surface area contributed by atoms with Gasteiger partial charge in [-0.1, -0.05) is 42.5 Å². The van der Waals surface area contributed by atoms with Crippen LogP contribution in [0.4, 0.5) is 4.79 Å². The van der Waals surface area contributed by atoms with Crippen LogP contribution in [0.2, 0.25) is 0 Å². The van der Waals surface area contributed by atoms with Gasteiger partial charge in [-0.2, -0.15) is 0 Å². The maximum Gasteiger partial charge on any atom is 0.404 e. The molecule has 0 radical (unpaired) electrons. The maximum absolute atomic E-state index is 10.4. The molecule has 0 aliphatic carbocycles. The van der Waals surface area contributed by atoms with Gasteiger partial charge in [0.25, 0.3) is 0 Å². The van der Waals surface area contributed by atoms with E-state index in [1.807, 2.05) is 18.2 Å². The Hall–Kier alpha value is -2.49. The van der Waals surface area contributed by atoms with E-state index in [2.05, 4.69) is 35.6 Å². The number of ether oxygens (including phenoxy) is 1. The highest BCUT2D eigenvalue weighted by Crippen LogP contribution is 2.19. The third-order valence-corrected chi connectivity index (χ3v) is 3.79. The lowest BCUT2D eigenvalue weighted by Crippen LogP contribution is -2.22. The first-order chi connectivity index (χ1) is 11.2. The third-order valence-electron chi connectivity index (χ3n) is 3.79. The molecule has 0 saturated heterocycles. The van der Waals surface area contributed by atoms with Crippen molar-refractivity contribution in [1.82, 2.24) is 5.32 Å². The Labute approximate surface area is 137 Å². The number of nitrogens with one attached hydrogen (secondary N) is 1. The van der Waals surface area contributed by atoms with E-state index >= 15 is 0 Å². The lowest BCUT2D eigenvalue weighted by atomic mass is 10.0. The number of rotatable bonds is 8. The van der Waals surface area contributed by atoms with Crippen molar-refractivity contribution in [2.24, 2.45) is 0 Å². The number of carboxylic acid groups (broad SMARTS) is 1. The summed E-state index contributed by atoms with van der Waals surface area (Å²) in [7, 11) is 1.70. The van der Waals surface area contributed by atoms with E-state index in [4.69, 9.17) is 9.84 Å². The molecule has 0 aliphatic rings. The van der Waals surface area contributed by atoms with E-state index < -0.39 is 6.09 Å². The van der Waals surface area contributed by atoms with Crippen LogP contribution in [0.15, 0.2) is 48.5 Å². The summed E-state index contributed by atoms with van der Waals surface area (Å²) in [5.74, 6) is 0.934. The predicted octanol–water partition coefficient (Wildman–Crippen LogP) is 3.68. The van der Waals surface area contributed by atoms with Crippen LogP contribution in [-0.2, 0) is 19.3 Å². The Morgan fingerprint density at radius 3 is 2.52 bits per heavy atom. The van der Waals surface area contributed by atoms with E-state index in [0.717, 1.165) is 31.4 Å². The average molecular weight is 313 g/mol. The second kappa shape index (κ2) is 8.83. The van der Waals surface area contributed by atoms with Gasteiger partial charge in [-0.15, -0.1) is 0 Å². The highest BCUT2D eigenvalue weighted by atomic mass is 16.5. The lowest BCUT2D eigenvalue weighted by molar-refractivity contribution is 0.194. The number of amides is 1. The zero-order valence-corrected chi connectivity index (χ0v) is 13.4. The van der Waals surface area contributed by atoms with Crippen LogP contribution in [0.1, 0.15) is 23.1 Å². The maximum atomic E-state index is 10.4. The van der Waals surface area contributed by atoms with Crippen LogP contribution < -0.4 is 10.1 Å².